The molecule has 2 aromatic carbocycles. The van der Waals surface area contributed by atoms with Crippen molar-refractivity contribution in [2.24, 2.45) is 5.10 Å². The molecule has 0 fully saturated rings. The molecule has 0 saturated heterocycles. The number of anilines is 1. The van der Waals surface area contributed by atoms with Gasteiger partial charge in [-0.05, 0) is 36.4 Å². The Kier molecular flexibility index (Phi) is 4.95. The molecule has 0 aliphatic carbocycles. The molecule has 2 rings (SSSR count). The van der Waals surface area contributed by atoms with Crippen molar-refractivity contribution in [1.82, 2.24) is 0 Å². The second-order valence-electron chi connectivity index (χ2n) is 4.10. The maximum atomic E-state index is 8.58. The number of nitrogens with one attached hydrogen (secondary N) is 1. The lowest BCUT2D eigenvalue weighted by Crippen LogP contribution is -1.96. The van der Waals surface area contributed by atoms with Gasteiger partial charge in [0, 0.05) is 6.07 Å². The van der Waals surface area contributed by atoms with Crippen LogP contribution in [0.4, 0.5) is 5.69 Å². The summed E-state index contributed by atoms with van der Waals surface area (Å²) in [6, 6.07) is 17.6. The SMILES string of the molecule is COc1cccc(Oc2ccc(NN=C(C#N)C#N)cc2)c1. The Morgan fingerprint density at radius 2 is 1.68 bits per heavy atom. The van der Waals surface area contributed by atoms with Gasteiger partial charge in [0.15, 0.2) is 0 Å². The summed E-state index contributed by atoms with van der Waals surface area (Å²) in [6.45, 7) is 0. The molecule has 0 heterocycles. The van der Waals surface area contributed by atoms with E-state index in [-0.39, 0.29) is 5.71 Å². The van der Waals surface area contributed by atoms with E-state index >= 15 is 0 Å². The van der Waals surface area contributed by atoms with Gasteiger partial charge in [-0.25, -0.2) is 0 Å². The minimum absolute atomic E-state index is 0.239. The Balaban J connectivity index is 2.04. The molecule has 0 saturated carbocycles. The number of methoxy groups -OCH3 is 1. The topological polar surface area (TPSA) is 90.4 Å². The summed E-state index contributed by atoms with van der Waals surface area (Å²) >= 11 is 0. The first-order chi connectivity index (χ1) is 10.7. The largest absolute Gasteiger partial charge is 0.497 e. The Bertz CT molecular complexity index is 739. The Hall–Kier alpha value is -3.51. The molecule has 6 heteroatoms. The molecule has 0 amide bonds. The first-order valence-electron chi connectivity index (χ1n) is 6.31. The smallest absolute Gasteiger partial charge is 0.237 e. The van der Waals surface area contributed by atoms with Crippen LogP contribution in [-0.4, -0.2) is 12.8 Å². The second-order valence-corrected chi connectivity index (χ2v) is 4.10. The van der Waals surface area contributed by atoms with Gasteiger partial charge < -0.3 is 9.47 Å². The van der Waals surface area contributed by atoms with Gasteiger partial charge in [0.25, 0.3) is 0 Å². The zero-order valence-corrected chi connectivity index (χ0v) is 11.8. The standard InChI is InChI=1S/C16H12N4O2/c1-21-15-3-2-4-16(9-15)22-14-7-5-12(6-8-14)19-20-13(10-17)11-18/h2-9,19H,1H3. The third-order valence-electron chi connectivity index (χ3n) is 2.64. The van der Waals surface area contributed by atoms with Gasteiger partial charge in [0.2, 0.25) is 5.71 Å². The molecule has 0 radical (unpaired) electrons. The van der Waals surface area contributed by atoms with Crippen molar-refractivity contribution >= 4 is 11.4 Å². The number of ether oxygens (including phenoxy) is 2. The molecular formula is C16H12N4O2. The lowest BCUT2D eigenvalue weighted by Gasteiger charge is -2.08. The van der Waals surface area contributed by atoms with E-state index in [1.54, 1.807) is 49.6 Å². The average Bonchev–Trinajstić information content (AvgIpc) is 2.57. The van der Waals surface area contributed by atoms with E-state index in [1.807, 2.05) is 18.2 Å². The van der Waals surface area contributed by atoms with Crippen LogP contribution < -0.4 is 14.9 Å². The molecule has 108 valence electrons. The van der Waals surface area contributed by atoms with E-state index in [9.17, 15) is 0 Å². The highest BCUT2D eigenvalue weighted by Gasteiger charge is 2.00. The fourth-order valence-electron chi connectivity index (χ4n) is 1.59. The van der Waals surface area contributed by atoms with Gasteiger partial charge in [0.1, 0.15) is 29.4 Å². The molecule has 0 spiro atoms. The molecule has 0 bridgehead atoms. The molecule has 0 unspecified atom stereocenters. The van der Waals surface area contributed by atoms with Crippen molar-refractivity contribution in [3.05, 3.63) is 48.5 Å². The highest BCUT2D eigenvalue weighted by atomic mass is 16.5. The van der Waals surface area contributed by atoms with Gasteiger partial charge in [-0.1, -0.05) is 6.07 Å². The van der Waals surface area contributed by atoms with Crippen LogP contribution in [0.25, 0.3) is 0 Å². The van der Waals surface area contributed by atoms with Crippen molar-refractivity contribution in [3.63, 3.8) is 0 Å². The fraction of sp³-hybridized carbons (Fsp3) is 0.0625. The van der Waals surface area contributed by atoms with E-state index in [1.165, 1.54) is 0 Å². The first kappa shape index (κ1) is 14.9. The normalized spacial score (nSPS) is 9.05. The monoisotopic (exact) mass is 292 g/mol. The molecule has 1 N–H and O–H groups in total. The summed E-state index contributed by atoms with van der Waals surface area (Å²) in [5.41, 5.74) is 3.02. The second kappa shape index (κ2) is 7.32. The highest BCUT2D eigenvalue weighted by molar-refractivity contribution is 6.10. The molecule has 6 nitrogen and oxygen atoms in total. The van der Waals surface area contributed by atoms with Crippen molar-refractivity contribution < 1.29 is 9.47 Å². The number of rotatable bonds is 5. The van der Waals surface area contributed by atoms with Crippen molar-refractivity contribution in [1.29, 1.82) is 10.5 Å². The van der Waals surface area contributed by atoms with E-state index in [2.05, 4.69) is 10.5 Å². The quantitative estimate of drug-likeness (QED) is 0.674. The maximum Gasteiger partial charge on any atom is 0.237 e. The van der Waals surface area contributed by atoms with Gasteiger partial charge >= 0.3 is 0 Å². The Labute approximate surface area is 127 Å². The van der Waals surface area contributed by atoms with Crippen molar-refractivity contribution in [2.75, 3.05) is 12.5 Å². The van der Waals surface area contributed by atoms with Crippen LogP contribution in [0.1, 0.15) is 0 Å². The summed E-state index contributed by atoms with van der Waals surface area (Å²) in [7, 11) is 1.59. The molecule has 0 aliphatic rings. The predicted octanol–water partition coefficient (Wildman–Crippen LogP) is 3.30. The van der Waals surface area contributed by atoms with Gasteiger partial charge in [-0.3, -0.25) is 5.43 Å². The Morgan fingerprint density at radius 3 is 2.32 bits per heavy atom. The number of nitrogens with zero attached hydrogens (tertiary/aromatic N) is 3. The van der Waals surface area contributed by atoms with Crippen LogP contribution in [0.5, 0.6) is 17.2 Å². The van der Waals surface area contributed by atoms with Gasteiger partial charge in [-0.15, -0.1) is 0 Å². The lowest BCUT2D eigenvalue weighted by molar-refractivity contribution is 0.409. The van der Waals surface area contributed by atoms with Gasteiger partial charge in [-0.2, -0.15) is 15.6 Å². The third-order valence-corrected chi connectivity index (χ3v) is 2.64. The van der Waals surface area contributed by atoms with Crippen LogP contribution in [-0.2, 0) is 0 Å². The van der Waals surface area contributed by atoms with Gasteiger partial charge in [0.05, 0.1) is 12.8 Å². The molecular weight excluding hydrogens is 280 g/mol. The van der Waals surface area contributed by atoms with E-state index in [0.717, 1.165) is 0 Å². The fourth-order valence-corrected chi connectivity index (χ4v) is 1.59. The Morgan fingerprint density at radius 1 is 1.00 bits per heavy atom. The molecule has 0 aliphatic heterocycles. The minimum atomic E-state index is -0.239. The molecule has 2 aromatic rings. The molecule has 0 aromatic heterocycles. The zero-order valence-electron chi connectivity index (χ0n) is 11.8. The van der Waals surface area contributed by atoms with Crippen LogP contribution in [0.3, 0.4) is 0 Å². The third kappa shape index (κ3) is 3.99. The number of hydrogen-bond acceptors (Lipinski definition) is 6. The average molecular weight is 292 g/mol. The van der Waals surface area contributed by atoms with Crippen molar-refractivity contribution in [2.45, 2.75) is 0 Å². The zero-order chi connectivity index (χ0) is 15.8. The number of hydrogen-bond donors (Lipinski definition) is 1. The minimum Gasteiger partial charge on any atom is -0.497 e. The van der Waals surface area contributed by atoms with E-state index in [4.69, 9.17) is 20.0 Å². The summed E-state index contributed by atoms with van der Waals surface area (Å²) in [5, 5.41) is 20.8. The number of nitriles is 2. The van der Waals surface area contributed by atoms with Crippen LogP contribution in [0.2, 0.25) is 0 Å². The highest BCUT2D eigenvalue weighted by Crippen LogP contribution is 2.26. The summed E-state index contributed by atoms with van der Waals surface area (Å²) < 4.78 is 10.8. The van der Waals surface area contributed by atoms with E-state index in [0.29, 0.717) is 22.9 Å². The maximum absolute atomic E-state index is 8.58. The lowest BCUT2D eigenvalue weighted by atomic mass is 10.3. The molecule has 22 heavy (non-hydrogen) atoms. The first-order valence-corrected chi connectivity index (χ1v) is 6.31. The summed E-state index contributed by atoms with van der Waals surface area (Å²) in [4.78, 5) is 0. The summed E-state index contributed by atoms with van der Waals surface area (Å²) in [6.07, 6.45) is 0. The summed E-state index contributed by atoms with van der Waals surface area (Å²) in [5.74, 6) is 2.02. The molecule has 0 atom stereocenters. The van der Waals surface area contributed by atoms with Crippen molar-refractivity contribution in [3.8, 4) is 29.4 Å². The van der Waals surface area contributed by atoms with Crippen LogP contribution >= 0.6 is 0 Å². The predicted molar refractivity (Wildman–Crippen MR) is 81.8 cm³/mol. The van der Waals surface area contributed by atoms with Crippen LogP contribution in [0.15, 0.2) is 53.6 Å². The van der Waals surface area contributed by atoms with E-state index < -0.39 is 0 Å². The number of benzene rings is 2. The van der Waals surface area contributed by atoms with Crippen LogP contribution in [0, 0.1) is 22.7 Å². The number of hydrazone groups is 1.